The van der Waals surface area contributed by atoms with Gasteiger partial charge in [0, 0.05) is 72.6 Å². The van der Waals surface area contributed by atoms with Gasteiger partial charge in [-0.2, -0.15) is 0 Å². The summed E-state index contributed by atoms with van der Waals surface area (Å²) in [6, 6.07) is 7.08. The molecule has 2 unspecified atom stereocenters. The maximum atomic E-state index is 14.5. The van der Waals surface area contributed by atoms with E-state index in [0.717, 1.165) is 16.6 Å². The molecule has 1 aromatic heterocycles. The first-order chi connectivity index (χ1) is 31.4. The molecule has 3 saturated heterocycles. The summed E-state index contributed by atoms with van der Waals surface area (Å²) in [5.41, 5.74) is -2.81. The van der Waals surface area contributed by atoms with Gasteiger partial charge in [-0.3, -0.25) is 9.78 Å². The Morgan fingerprint density at radius 1 is 0.970 bits per heavy atom. The van der Waals surface area contributed by atoms with Crippen molar-refractivity contribution >= 4 is 39.9 Å². The predicted molar refractivity (Wildman–Crippen MR) is 254 cm³/mol. The number of methoxy groups -OCH3 is 1. The lowest BCUT2D eigenvalue weighted by atomic mass is 9.73. The van der Waals surface area contributed by atoms with Gasteiger partial charge in [0.05, 0.1) is 58.9 Å². The molecule has 4 heterocycles. The van der Waals surface area contributed by atoms with Crippen molar-refractivity contribution in [1.82, 2.24) is 9.88 Å². The quantitative estimate of drug-likeness (QED) is 0.0852. The van der Waals surface area contributed by atoms with Crippen molar-refractivity contribution in [3.05, 3.63) is 35.5 Å². The van der Waals surface area contributed by atoms with Gasteiger partial charge in [-0.25, -0.2) is 0 Å². The van der Waals surface area contributed by atoms with Gasteiger partial charge in [0.1, 0.15) is 30.5 Å². The zero-order valence-corrected chi connectivity index (χ0v) is 42.5. The molecule has 2 aromatic rings. The number of likely N-dealkylation sites (N-methyl/N-ethyl adjacent to an activating group) is 1. The summed E-state index contributed by atoms with van der Waals surface area (Å²) in [6.45, 7) is 17.8. The molecule has 5 rings (SSSR count). The number of aromatic nitrogens is 1. The Balaban J connectivity index is 1.52. The molecule has 3 aliphatic heterocycles. The molecule has 3 fully saturated rings. The van der Waals surface area contributed by atoms with Crippen LogP contribution in [0.5, 0.6) is 0 Å². The number of hydrogen-bond donors (Lipinski definition) is 6. The normalized spacial score (nSPS) is 41.2. The zero-order chi connectivity index (χ0) is 49.8. The fourth-order valence-electron chi connectivity index (χ4n) is 10.3. The number of hydrogen-bond acceptors (Lipinski definition) is 17. The van der Waals surface area contributed by atoms with Crippen LogP contribution in [0, 0.1) is 23.7 Å². The Bertz CT molecular complexity index is 1960. The molecule has 67 heavy (non-hydrogen) atoms. The van der Waals surface area contributed by atoms with Gasteiger partial charge < -0.3 is 69.0 Å². The molecule has 18 atom stereocenters. The molecule has 380 valence electrons. The number of rotatable bonds is 13. The van der Waals surface area contributed by atoms with Gasteiger partial charge in [0.15, 0.2) is 12.6 Å². The molecular weight excluding hydrogens is 888 g/mol. The maximum absolute atomic E-state index is 14.5. The number of cyclic esters (lactones) is 1. The Kier molecular flexibility index (Phi) is 18.9. The van der Waals surface area contributed by atoms with Crippen molar-refractivity contribution in [2.24, 2.45) is 28.8 Å². The van der Waals surface area contributed by atoms with Gasteiger partial charge >= 0.3 is 5.97 Å². The van der Waals surface area contributed by atoms with E-state index in [9.17, 15) is 30.3 Å². The van der Waals surface area contributed by atoms with Crippen LogP contribution in [-0.2, 0) is 38.1 Å². The number of anilines is 1. The summed E-state index contributed by atoms with van der Waals surface area (Å²) >= 11 is 6.19. The minimum absolute atomic E-state index is 0.0206. The van der Waals surface area contributed by atoms with E-state index in [-0.39, 0.29) is 38.0 Å². The number of carbonyl (C=O) groups excluding carboxylic acids is 1. The highest BCUT2D eigenvalue weighted by atomic mass is 35.5. The summed E-state index contributed by atoms with van der Waals surface area (Å²) in [6.07, 6.45) is -7.30. The van der Waals surface area contributed by atoms with E-state index in [0.29, 0.717) is 30.1 Å². The van der Waals surface area contributed by atoms with Crippen molar-refractivity contribution in [2.45, 2.75) is 186 Å². The highest BCUT2D eigenvalue weighted by molar-refractivity contribution is 6.31. The lowest BCUT2D eigenvalue weighted by Crippen LogP contribution is -2.61. The van der Waals surface area contributed by atoms with Crippen LogP contribution in [0.3, 0.4) is 0 Å². The third-order valence-electron chi connectivity index (χ3n) is 14.5. The van der Waals surface area contributed by atoms with Gasteiger partial charge in [-0.15, -0.1) is 0 Å². The van der Waals surface area contributed by atoms with Crippen LogP contribution in [0.2, 0.25) is 5.02 Å². The monoisotopic (exact) mass is 967 g/mol. The molecule has 0 amide bonds. The van der Waals surface area contributed by atoms with Gasteiger partial charge in [-0.1, -0.05) is 44.5 Å². The second kappa shape index (κ2) is 23.0. The molecule has 1 aromatic carbocycles. The fraction of sp³-hybridized carbons (Fsp3) is 0.776. The van der Waals surface area contributed by atoms with Crippen LogP contribution in [-0.4, -0.2) is 166 Å². The van der Waals surface area contributed by atoms with Crippen LogP contribution in [0.1, 0.15) is 101 Å². The molecule has 18 heteroatoms. The van der Waals surface area contributed by atoms with E-state index in [1.807, 2.05) is 51.0 Å². The summed E-state index contributed by atoms with van der Waals surface area (Å²) in [4.78, 5) is 26.8. The molecule has 0 bridgehead atoms. The number of ether oxygens (including phenoxy) is 6. The van der Waals surface area contributed by atoms with Crippen LogP contribution in [0.15, 0.2) is 35.6 Å². The molecule has 0 saturated carbocycles. The number of oxime groups is 1. The third-order valence-corrected chi connectivity index (χ3v) is 14.7. The summed E-state index contributed by atoms with van der Waals surface area (Å²) in [5, 5.41) is 69.5. The van der Waals surface area contributed by atoms with E-state index < -0.39 is 102 Å². The fourth-order valence-corrected chi connectivity index (χ4v) is 10.5. The van der Waals surface area contributed by atoms with Gasteiger partial charge in [0.25, 0.3) is 0 Å². The molecule has 3 aliphatic rings. The second-order valence-corrected chi connectivity index (χ2v) is 20.7. The Labute approximate surface area is 401 Å². The number of nitrogens with zero attached hydrogens (tertiary/aromatic N) is 3. The van der Waals surface area contributed by atoms with Crippen LogP contribution in [0.4, 0.5) is 5.69 Å². The molecule has 0 spiro atoms. The smallest absolute Gasteiger partial charge is 0.311 e. The predicted octanol–water partition coefficient (Wildman–Crippen LogP) is 5.29. The van der Waals surface area contributed by atoms with E-state index in [1.54, 1.807) is 60.7 Å². The Hall–Kier alpha value is -2.78. The number of pyridine rings is 1. The number of fused-ring (bicyclic) bond motifs is 1. The van der Waals surface area contributed by atoms with Crippen molar-refractivity contribution in [3.63, 3.8) is 0 Å². The lowest BCUT2D eigenvalue weighted by Gasteiger charge is -2.49. The van der Waals surface area contributed by atoms with Crippen molar-refractivity contribution in [3.8, 4) is 0 Å². The largest absolute Gasteiger partial charge is 0.459 e. The number of benzene rings is 1. The van der Waals surface area contributed by atoms with Crippen LogP contribution >= 0.6 is 11.6 Å². The number of carbonyl (C=O) groups is 1. The van der Waals surface area contributed by atoms with E-state index in [1.165, 1.54) is 14.0 Å². The second-order valence-electron chi connectivity index (χ2n) is 20.2. The Morgan fingerprint density at radius 3 is 2.33 bits per heavy atom. The lowest BCUT2D eigenvalue weighted by molar-refractivity contribution is -0.317. The van der Waals surface area contributed by atoms with Gasteiger partial charge in [0.2, 0.25) is 0 Å². The number of aliphatic hydroxyl groups is 5. The minimum atomic E-state index is -1.97. The highest BCUT2D eigenvalue weighted by Crippen LogP contribution is 2.41. The number of aliphatic hydroxyl groups excluding tert-OH is 3. The number of nitrogens with one attached hydrogen (secondary N) is 1. The van der Waals surface area contributed by atoms with Gasteiger partial charge in [-0.05, 0) is 99.2 Å². The highest BCUT2D eigenvalue weighted by Gasteiger charge is 2.53. The first-order valence-corrected chi connectivity index (χ1v) is 24.2. The van der Waals surface area contributed by atoms with E-state index in [4.69, 9.17) is 44.9 Å². The zero-order valence-electron chi connectivity index (χ0n) is 41.7. The average molecular weight is 968 g/mol. The van der Waals surface area contributed by atoms with E-state index >= 15 is 0 Å². The maximum Gasteiger partial charge on any atom is 0.311 e. The SMILES string of the molecule is CC[C@@H]1OC(=O)[C@H](C)[C@H](OC2C[C@](C)(OC)[C@H](O)[C@@H](C)O2)[C@@H](C)[C@@H](OC2O[C@H](C)C[C@H](N(C)C)[C@H]2O)[C@](C)(O)C[C@@H](C)/C(=N\OCCCNc2ccnc3cc(Cl)ccc23)[C@H](C)[C@H](O)[C@]1(C)O. The first kappa shape index (κ1) is 55.2. The van der Waals surface area contributed by atoms with Crippen LogP contribution < -0.4 is 5.32 Å². The topological polar surface area (TPSA) is 223 Å². The first-order valence-electron chi connectivity index (χ1n) is 23.9. The number of halogens is 1. The summed E-state index contributed by atoms with van der Waals surface area (Å²) in [7, 11) is 5.23. The molecule has 6 N–H and O–H groups in total. The summed E-state index contributed by atoms with van der Waals surface area (Å²) < 4.78 is 38.0. The van der Waals surface area contributed by atoms with Crippen molar-refractivity contribution in [2.75, 3.05) is 39.7 Å². The molecule has 17 nitrogen and oxygen atoms in total. The average Bonchev–Trinajstić information content (AvgIpc) is 3.26. The Morgan fingerprint density at radius 2 is 1.67 bits per heavy atom. The van der Waals surface area contributed by atoms with Crippen molar-refractivity contribution < 1.29 is 63.6 Å². The number of esters is 1. The minimum Gasteiger partial charge on any atom is -0.459 e. The summed E-state index contributed by atoms with van der Waals surface area (Å²) in [5.74, 6) is -4.13. The molecule has 0 aliphatic carbocycles. The molecule has 0 radical (unpaired) electrons. The van der Waals surface area contributed by atoms with Crippen LogP contribution in [0.25, 0.3) is 10.9 Å². The molecular formula is C49H79ClN4O13. The van der Waals surface area contributed by atoms with E-state index in [2.05, 4.69) is 15.5 Å². The third kappa shape index (κ3) is 12.8. The standard InChI is InChI=1S/C49H79ClN4O13/c1-14-37-49(10,60)42(56)28(4)39(53-62-21-15-19-51-34-18-20-52-35-23-32(50)16-17-33(34)35)26(2)24-47(8,59)44(67-46-40(55)36(54(11)12)22-27(3)63-46)29(5)41(30(6)45(58)65-37)66-38-25-48(9,61-13)43(57)31(7)64-38/h16-18,20,23,26-31,36-38,40-44,46,55-57,59-60H,14-15,19,21-22,24-25H2,1-13H3,(H,51,52)/b53-39+/t26-,27-,28+,29-,30-,31-,36+,37+,38?,40-,41-,42+,43-,44-,46?,47-,48+,49-/m1/s1. The van der Waals surface area contributed by atoms with Crippen molar-refractivity contribution in [1.29, 1.82) is 0 Å².